The van der Waals surface area contributed by atoms with E-state index in [1.165, 1.54) is 89.9 Å². The molecule has 4 heteroatoms. The van der Waals surface area contributed by atoms with Crippen molar-refractivity contribution >= 4 is 8.25 Å². The third kappa shape index (κ3) is 30.8. The van der Waals surface area contributed by atoms with E-state index in [-0.39, 0.29) is 0 Å². The summed E-state index contributed by atoms with van der Waals surface area (Å²) in [5, 5.41) is 0. The molecule has 0 aliphatic heterocycles. The highest BCUT2D eigenvalue weighted by Crippen LogP contribution is 2.12. The maximum absolute atomic E-state index is 8.70. The number of hydrogen-bond acceptors (Lipinski definition) is 1. The van der Waals surface area contributed by atoms with Crippen molar-refractivity contribution in [2.45, 2.75) is 104 Å². The molecule has 122 valence electrons. The van der Waals surface area contributed by atoms with E-state index in [2.05, 4.69) is 13.8 Å². The van der Waals surface area contributed by atoms with Gasteiger partial charge in [0.2, 0.25) is 0 Å². The Morgan fingerprint density at radius 3 is 0.850 bits per heavy atom. The first-order chi connectivity index (χ1) is 9.65. The molecule has 0 spiro atoms. The van der Waals surface area contributed by atoms with Gasteiger partial charge in [-0.25, -0.2) is 0 Å². The molecule has 0 unspecified atom stereocenters. The van der Waals surface area contributed by atoms with Gasteiger partial charge in [-0.05, 0) is 0 Å². The molecule has 0 aromatic rings. The lowest BCUT2D eigenvalue weighted by molar-refractivity contribution is 0.405. The zero-order chi connectivity index (χ0) is 15.5. The van der Waals surface area contributed by atoms with Gasteiger partial charge in [0.1, 0.15) is 0 Å². The third-order valence-electron chi connectivity index (χ3n) is 3.46. The maximum atomic E-state index is 8.70. The molecular formula is C16H36O3P+. The Hall–Kier alpha value is 0.0200. The summed E-state index contributed by atoms with van der Waals surface area (Å²) in [6.07, 6.45) is 20.4. The lowest BCUT2D eigenvalue weighted by atomic mass is 10.0. The Bertz CT molecular complexity index is 169. The molecule has 0 radical (unpaired) electrons. The molecule has 0 aliphatic rings. The highest BCUT2D eigenvalue weighted by molar-refractivity contribution is 7.30. The average molecular weight is 307 g/mol. The van der Waals surface area contributed by atoms with Crippen LogP contribution in [0, 0.1) is 0 Å². The van der Waals surface area contributed by atoms with E-state index in [1.54, 1.807) is 0 Å². The summed E-state index contributed by atoms with van der Waals surface area (Å²) in [6, 6.07) is 0. The predicted molar refractivity (Wildman–Crippen MR) is 88.0 cm³/mol. The SMILES string of the molecule is CCCCCCCCCCCCCCCC.O=[P+](O)O. The van der Waals surface area contributed by atoms with Gasteiger partial charge in [0, 0.05) is 4.57 Å². The molecule has 0 saturated carbocycles. The van der Waals surface area contributed by atoms with E-state index >= 15 is 0 Å². The topological polar surface area (TPSA) is 57.5 Å². The molecule has 0 rings (SSSR count). The van der Waals surface area contributed by atoms with Crippen molar-refractivity contribution in [2.24, 2.45) is 0 Å². The zero-order valence-electron chi connectivity index (χ0n) is 13.6. The molecule has 2 N–H and O–H groups in total. The van der Waals surface area contributed by atoms with Crippen LogP contribution >= 0.6 is 8.25 Å². The number of hydrogen-bond donors (Lipinski definition) is 2. The molecule has 0 aliphatic carbocycles. The Morgan fingerprint density at radius 2 is 0.700 bits per heavy atom. The predicted octanol–water partition coefficient (Wildman–Crippen LogP) is 6.12. The first kappa shape index (κ1) is 22.3. The monoisotopic (exact) mass is 307 g/mol. The normalized spacial score (nSPS) is 10.0. The quantitative estimate of drug-likeness (QED) is 0.318. The maximum Gasteiger partial charge on any atom is 0.692 e. The van der Waals surface area contributed by atoms with E-state index in [0.29, 0.717) is 0 Å². The molecule has 0 fully saturated rings. The summed E-state index contributed by atoms with van der Waals surface area (Å²) in [4.78, 5) is 14.2. The largest absolute Gasteiger partial charge is 0.692 e. The molecule has 0 bridgehead atoms. The molecule has 0 aromatic carbocycles. The van der Waals surface area contributed by atoms with Crippen molar-refractivity contribution in [1.82, 2.24) is 0 Å². The van der Waals surface area contributed by atoms with Crippen LogP contribution < -0.4 is 0 Å². The standard InChI is InChI=1S/C16H34.HO3P/c1-3-5-7-9-11-13-15-16-14-12-10-8-6-4-2;1-4(2)3/h3-16H2,1-2H3;(H-,1,2,3)/p+1. The summed E-state index contributed by atoms with van der Waals surface area (Å²) in [6.45, 7) is 4.58. The fraction of sp³-hybridized carbons (Fsp3) is 1.00. The van der Waals surface area contributed by atoms with Crippen LogP contribution in [-0.2, 0) is 4.57 Å². The zero-order valence-corrected chi connectivity index (χ0v) is 14.5. The molecule has 0 atom stereocenters. The van der Waals surface area contributed by atoms with Crippen LogP contribution in [0.25, 0.3) is 0 Å². The van der Waals surface area contributed by atoms with Gasteiger partial charge in [-0.15, -0.1) is 9.79 Å². The van der Waals surface area contributed by atoms with Crippen LogP contribution in [0.5, 0.6) is 0 Å². The van der Waals surface area contributed by atoms with E-state index in [4.69, 9.17) is 14.4 Å². The number of rotatable bonds is 13. The van der Waals surface area contributed by atoms with Crippen LogP contribution in [0.4, 0.5) is 0 Å². The van der Waals surface area contributed by atoms with Crippen molar-refractivity contribution in [1.29, 1.82) is 0 Å². The minimum Gasteiger partial charge on any atom is -0.134 e. The van der Waals surface area contributed by atoms with Crippen LogP contribution in [0.1, 0.15) is 104 Å². The summed E-state index contributed by atoms with van der Waals surface area (Å²) < 4.78 is 8.70. The molecule has 0 aromatic heterocycles. The van der Waals surface area contributed by atoms with Gasteiger partial charge < -0.3 is 0 Å². The van der Waals surface area contributed by atoms with Crippen molar-refractivity contribution in [2.75, 3.05) is 0 Å². The second-order valence-corrected chi connectivity index (χ2v) is 6.00. The van der Waals surface area contributed by atoms with Gasteiger partial charge in [0.15, 0.2) is 0 Å². The van der Waals surface area contributed by atoms with Crippen LogP contribution in [0.3, 0.4) is 0 Å². The van der Waals surface area contributed by atoms with Crippen LogP contribution in [-0.4, -0.2) is 9.79 Å². The highest BCUT2D eigenvalue weighted by Gasteiger charge is 1.93. The average Bonchev–Trinajstić information content (AvgIpc) is 2.39. The first-order valence-corrected chi connectivity index (χ1v) is 9.66. The van der Waals surface area contributed by atoms with Crippen molar-refractivity contribution in [3.63, 3.8) is 0 Å². The Balaban J connectivity index is 0. The molecule has 3 nitrogen and oxygen atoms in total. The van der Waals surface area contributed by atoms with Gasteiger partial charge >= 0.3 is 8.25 Å². The van der Waals surface area contributed by atoms with Crippen LogP contribution in [0.2, 0.25) is 0 Å². The minimum absolute atomic E-state index is 1.37. The van der Waals surface area contributed by atoms with Gasteiger partial charge in [0.05, 0.1) is 0 Å². The smallest absolute Gasteiger partial charge is 0.134 e. The van der Waals surface area contributed by atoms with Crippen molar-refractivity contribution in [3.05, 3.63) is 0 Å². The van der Waals surface area contributed by atoms with E-state index in [9.17, 15) is 0 Å². The first-order valence-electron chi connectivity index (χ1n) is 8.50. The highest BCUT2D eigenvalue weighted by atomic mass is 31.1. The molecule has 20 heavy (non-hydrogen) atoms. The van der Waals surface area contributed by atoms with E-state index in [0.717, 1.165) is 0 Å². The molecular weight excluding hydrogens is 271 g/mol. The van der Waals surface area contributed by atoms with Crippen molar-refractivity contribution < 1.29 is 14.4 Å². The molecule has 0 amide bonds. The van der Waals surface area contributed by atoms with E-state index < -0.39 is 8.25 Å². The van der Waals surface area contributed by atoms with Gasteiger partial charge in [-0.1, -0.05) is 104 Å². The summed E-state index contributed by atoms with van der Waals surface area (Å²) >= 11 is 0. The second kappa shape index (κ2) is 21.3. The fourth-order valence-corrected chi connectivity index (χ4v) is 2.27. The van der Waals surface area contributed by atoms with Gasteiger partial charge in [-0.3, -0.25) is 0 Å². The Morgan fingerprint density at radius 1 is 0.550 bits per heavy atom. The van der Waals surface area contributed by atoms with Crippen LogP contribution in [0.15, 0.2) is 0 Å². The molecule has 0 saturated heterocycles. The minimum atomic E-state index is -2.87. The lowest BCUT2D eigenvalue weighted by Crippen LogP contribution is -1.82. The summed E-state index contributed by atoms with van der Waals surface area (Å²) in [5.74, 6) is 0. The fourth-order valence-electron chi connectivity index (χ4n) is 2.27. The Labute approximate surface area is 127 Å². The number of unbranched alkanes of at least 4 members (excludes halogenated alkanes) is 13. The van der Waals surface area contributed by atoms with Gasteiger partial charge in [-0.2, -0.15) is 0 Å². The third-order valence-corrected chi connectivity index (χ3v) is 3.46. The Kier molecular flexibility index (Phi) is 23.8. The van der Waals surface area contributed by atoms with Gasteiger partial charge in [0.25, 0.3) is 0 Å². The summed E-state index contributed by atoms with van der Waals surface area (Å²) in [7, 11) is -2.87. The van der Waals surface area contributed by atoms with E-state index in [1.807, 2.05) is 0 Å². The molecule has 0 heterocycles. The van der Waals surface area contributed by atoms with Crippen molar-refractivity contribution in [3.8, 4) is 0 Å². The summed E-state index contributed by atoms with van der Waals surface area (Å²) in [5.41, 5.74) is 0. The lowest BCUT2D eigenvalue weighted by Gasteiger charge is -2.02. The second-order valence-electron chi connectivity index (χ2n) is 5.50.